The molecule has 2 aromatic rings. The first-order valence-electron chi connectivity index (χ1n) is 5.86. The van der Waals surface area contributed by atoms with Gasteiger partial charge in [-0.2, -0.15) is 0 Å². The number of aromatic amines is 1. The van der Waals surface area contributed by atoms with Gasteiger partial charge < -0.3 is 11.1 Å². The molecular formula is C13H16N4O2. The van der Waals surface area contributed by atoms with Crippen LogP contribution in [0.2, 0.25) is 0 Å². The molecule has 4 N–H and O–H groups in total. The third-order valence-electron chi connectivity index (χ3n) is 3.21. The lowest BCUT2D eigenvalue weighted by Gasteiger charge is -2.15. The van der Waals surface area contributed by atoms with Crippen LogP contribution in [0.25, 0.3) is 5.69 Å². The third kappa shape index (κ3) is 2.01. The molecule has 1 aromatic carbocycles. The smallest absolute Gasteiger partial charge is 0.334 e. The molecule has 0 aliphatic carbocycles. The highest BCUT2D eigenvalue weighted by Gasteiger charge is 2.14. The first-order valence-corrected chi connectivity index (χ1v) is 5.86. The van der Waals surface area contributed by atoms with E-state index in [-0.39, 0.29) is 11.5 Å². The van der Waals surface area contributed by atoms with Gasteiger partial charge >= 0.3 is 5.69 Å². The number of benzene rings is 1. The van der Waals surface area contributed by atoms with Gasteiger partial charge in [-0.1, -0.05) is 12.1 Å². The minimum absolute atomic E-state index is 0.102. The predicted molar refractivity (Wildman–Crippen MR) is 76.1 cm³/mol. The second kappa shape index (κ2) is 4.64. The number of nitrogen functional groups attached to an aromatic ring is 1. The van der Waals surface area contributed by atoms with Crippen LogP contribution in [0, 0.1) is 13.8 Å². The number of rotatable bonds is 2. The normalized spacial score (nSPS) is 10.5. The largest absolute Gasteiger partial charge is 0.383 e. The van der Waals surface area contributed by atoms with Crippen molar-refractivity contribution in [3.8, 4) is 5.69 Å². The standard InChI is InChI=1S/C13H16N4O2/c1-7-5-4-6-9(8(7)2)17-11(14)10(15-3)12(18)16-13(17)19/h4-6,15H,14H2,1-3H3,(H,16,18,19). The van der Waals surface area contributed by atoms with Crippen molar-refractivity contribution in [2.45, 2.75) is 13.8 Å². The number of nitrogens with one attached hydrogen (secondary N) is 2. The third-order valence-corrected chi connectivity index (χ3v) is 3.21. The first kappa shape index (κ1) is 12.9. The van der Waals surface area contributed by atoms with Gasteiger partial charge in [-0.15, -0.1) is 0 Å². The summed E-state index contributed by atoms with van der Waals surface area (Å²) in [6.07, 6.45) is 0. The number of nitrogens with zero attached hydrogens (tertiary/aromatic N) is 1. The molecule has 0 bridgehead atoms. The molecule has 0 radical (unpaired) electrons. The zero-order valence-corrected chi connectivity index (χ0v) is 11.1. The maximum Gasteiger partial charge on any atom is 0.334 e. The van der Waals surface area contributed by atoms with Crippen LogP contribution in [0.15, 0.2) is 27.8 Å². The molecule has 0 saturated heterocycles. The Balaban J connectivity index is 2.87. The van der Waals surface area contributed by atoms with Crippen molar-refractivity contribution < 1.29 is 0 Å². The van der Waals surface area contributed by atoms with Crippen LogP contribution in [0.3, 0.4) is 0 Å². The van der Waals surface area contributed by atoms with E-state index in [1.165, 1.54) is 4.57 Å². The first-order chi connectivity index (χ1) is 8.97. The van der Waals surface area contributed by atoms with Gasteiger partial charge in [0.2, 0.25) is 0 Å². The predicted octanol–water partition coefficient (Wildman–Crippen LogP) is 0.767. The van der Waals surface area contributed by atoms with Crippen LogP contribution in [0.1, 0.15) is 11.1 Å². The van der Waals surface area contributed by atoms with Crippen molar-refractivity contribution >= 4 is 11.5 Å². The molecule has 19 heavy (non-hydrogen) atoms. The number of nitrogens with two attached hydrogens (primary N) is 1. The Morgan fingerprint density at radius 2 is 1.95 bits per heavy atom. The fourth-order valence-corrected chi connectivity index (χ4v) is 2.01. The Kier molecular flexibility index (Phi) is 3.16. The van der Waals surface area contributed by atoms with Gasteiger partial charge in [0, 0.05) is 7.05 Å². The van der Waals surface area contributed by atoms with Crippen molar-refractivity contribution in [1.29, 1.82) is 0 Å². The van der Waals surface area contributed by atoms with Crippen molar-refractivity contribution in [3.63, 3.8) is 0 Å². The van der Waals surface area contributed by atoms with E-state index in [4.69, 9.17) is 5.73 Å². The monoisotopic (exact) mass is 260 g/mol. The van der Waals surface area contributed by atoms with Crippen molar-refractivity contribution in [2.75, 3.05) is 18.1 Å². The fraction of sp³-hybridized carbons (Fsp3) is 0.231. The molecule has 0 aliphatic rings. The molecule has 0 spiro atoms. The summed E-state index contributed by atoms with van der Waals surface area (Å²) in [7, 11) is 1.58. The number of aryl methyl sites for hydroxylation is 1. The number of H-pyrrole nitrogens is 1. The topological polar surface area (TPSA) is 92.9 Å². The van der Waals surface area contributed by atoms with Crippen LogP contribution in [-0.4, -0.2) is 16.6 Å². The van der Waals surface area contributed by atoms with Gasteiger partial charge in [0.25, 0.3) is 5.56 Å². The summed E-state index contributed by atoms with van der Waals surface area (Å²) >= 11 is 0. The van der Waals surface area contributed by atoms with Crippen LogP contribution >= 0.6 is 0 Å². The Hall–Kier alpha value is -2.50. The summed E-state index contributed by atoms with van der Waals surface area (Å²) in [6, 6.07) is 5.58. The van der Waals surface area contributed by atoms with Gasteiger partial charge in [0.05, 0.1) is 5.69 Å². The summed E-state index contributed by atoms with van der Waals surface area (Å²) < 4.78 is 1.30. The molecule has 2 rings (SSSR count). The lowest BCUT2D eigenvalue weighted by atomic mass is 10.1. The second-order valence-electron chi connectivity index (χ2n) is 4.32. The average Bonchev–Trinajstić information content (AvgIpc) is 2.34. The van der Waals surface area contributed by atoms with E-state index in [9.17, 15) is 9.59 Å². The van der Waals surface area contributed by atoms with E-state index in [0.717, 1.165) is 11.1 Å². The van der Waals surface area contributed by atoms with Gasteiger partial charge in [-0.3, -0.25) is 9.78 Å². The lowest BCUT2D eigenvalue weighted by molar-refractivity contribution is 0.902. The summed E-state index contributed by atoms with van der Waals surface area (Å²) in [5, 5.41) is 2.71. The van der Waals surface area contributed by atoms with Gasteiger partial charge in [-0.25, -0.2) is 9.36 Å². The Labute approximate surface area is 109 Å². The molecule has 0 amide bonds. The van der Waals surface area contributed by atoms with Crippen LogP contribution in [0.5, 0.6) is 0 Å². The van der Waals surface area contributed by atoms with E-state index < -0.39 is 11.2 Å². The lowest BCUT2D eigenvalue weighted by Crippen LogP contribution is -2.33. The molecule has 0 fully saturated rings. The molecule has 0 aliphatic heterocycles. The zero-order valence-electron chi connectivity index (χ0n) is 11.1. The molecule has 0 unspecified atom stereocenters. The highest BCUT2D eigenvalue weighted by Crippen LogP contribution is 2.20. The van der Waals surface area contributed by atoms with Gasteiger partial charge in [0.1, 0.15) is 11.5 Å². The van der Waals surface area contributed by atoms with Crippen LogP contribution < -0.4 is 22.3 Å². The summed E-state index contributed by atoms with van der Waals surface area (Å²) in [5.41, 5.74) is 7.68. The Morgan fingerprint density at radius 1 is 1.26 bits per heavy atom. The van der Waals surface area contributed by atoms with E-state index in [1.807, 2.05) is 26.0 Å². The highest BCUT2D eigenvalue weighted by molar-refractivity contribution is 5.64. The Bertz CT molecular complexity index is 743. The minimum atomic E-state index is -0.546. The highest BCUT2D eigenvalue weighted by atomic mass is 16.2. The zero-order chi connectivity index (χ0) is 14.2. The second-order valence-corrected chi connectivity index (χ2v) is 4.32. The van der Waals surface area contributed by atoms with Crippen LogP contribution in [-0.2, 0) is 0 Å². The van der Waals surface area contributed by atoms with E-state index >= 15 is 0 Å². The Morgan fingerprint density at radius 3 is 2.58 bits per heavy atom. The number of hydrogen-bond donors (Lipinski definition) is 3. The molecule has 1 heterocycles. The maximum atomic E-state index is 12.0. The fourth-order valence-electron chi connectivity index (χ4n) is 2.01. The van der Waals surface area contributed by atoms with E-state index in [2.05, 4.69) is 10.3 Å². The molecule has 0 atom stereocenters. The minimum Gasteiger partial charge on any atom is -0.383 e. The van der Waals surface area contributed by atoms with E-state index in [1.54, 1.807) is 13.1 Å². The summed E-state index contributed by atoms with van der Waals surface area (Å²) in [4.78, 5) is 25.9. The average molecular weight is 260 g/mol. The summed E-state index contributed by atoms with van der Waals surface area (Å²) in [6.45, 7) is 3.85. The van der Waals surface area contributed by atoms with Crippen molar-refractivity contribution in [2.24, 2.45) is 0 Å². The molecule has 6 nitrogen and oxygen atoms in total. The molecule has 6 heteroatoms. The number of aromatic nitrogens is 2. The molecule has 1 aromatic heterocycles. The van der Waals surface area contributed by atoms with Gasteiger partial charge in [0.15, 0.2) is 0 Å². The van der Waals surface area contributed by atoms with Crippen LogP contribution in [0.4, 0.5) is 11.5 Å². The number of anilines is 2. The molecular weight excluding hydrogens is 244 g/mol. The van der Waals surface area contributed by atoms with Crippen molar-refractivity contribution in [1.82, 2.24) is 9.55 Å². The SMILES string of the molecule is CNc1c(N)n(-c2cccc(C)c2C)c(=O)[nH]c1=O. The molecule has 0 saturated carbocycles. The van der Waals surface area contributed by atoms with Crippen molar-refractivity contribution in [3.05, 3.63) is 50.2 Å². The number of hydrogen-bond acceptors (Lipinski definition) is 4. The quantitative estimate of drug-likeness (QED) is 0.743. The summed E-state index contributed by atoms with van der Waals surface area (Å²) in [5.74, 6) is 0.102. The van der Waals surface area contributed by atoms with Gasteiger partial charge in [-0.05, 0) is 31.0 Å². The maximum absolute atomic E-state index is 12.0. The van der Waals surface area contributed by atoms with E-state index in [0.29, 0.717) is 5.69 Å². The molecule has 100 valence electrons.